The van der Waals surface area contributed by atoms with Gasteiger partial charge in [-0.05, 0) is 40.5 Å². The molecular formula is C25H41N3O4. The minimum Gasteiger partial charge on any atom is -0.492 e. The summed E-state index contributed by atoms with van der Waals surface area (Å²) in [6, 6.07) is 4.73. The monoisotopic (exact) mass is 447 g/mol. The van der Waals surface area contributed by atoms with Crippen LogP contribution < -0.4 is 19.7 Å². The maximum Gasteiger partial charge on any atom is 0.238 e. The third-order valence-corrected chi connectivity index (χ3v) is 6.32. The highest BCUT2D eigenvalue weighted by Crippen LogP contribution is 2.39. The lowest BCUT2D eigenvalue weighted by atomic mass is 9.93. The topological polar surface area (TPSA) is 63.3 Å². The number of morpholine rings is 1. The van der Waals surface area contributed by atoms with Crippen LogP contribution in [-0.4, -0.2) is 69.0 Å². The van der Waals surface area contributed by atoms with Crippen molar-refractivity contribution in [1.82, 2.24) is 4.90 Å². The van der Waals surface area contributed by atoms with E-state index in [4.69, 9.17) is 14.2 Å². The Hall–Kier alpha value is -1.99. The fourth-order valence-corrected chi connectivity index (χ4v) is 4.75. The normalized spacial score (nSPS) is 17.6. The number of hydrogen-bond donors (Lipinski definition) is 1. The molecule has 1 aliphatic heterocycles. The van der Waals surface area contributed by atoms with E-state index in [0.717, 1.165) is 24.5 Å². The van der Waals surface area contributed by atoms with E-state index in [1.165, 1.54) is 32.1 Å². The molecule has 1 saturated carbocycles. The fraction of sp³-hybridized carbons (Fsp3) is 0.720. The highest BCUT2D eigenvalue weighted by molar-refractivity contribution is 5.94. The Bertz CT molecular complexity index is 728. The van der Waals surface area contributed by atoms with Gasteiger partial charge in [0.25, 0.3) is 0 Å². The summed E-state index contributed by atoms with van der Waals surface area (Å²) in [4.78, 5) is 17.7. The van der Waals surface area contributed by atoms with Crippen molar-refractivity contribution in [3.8, 4) is 11.5 Å². The van der Waals surface area contributed by atoms with E-state index in [-0.39, 0.29) is 5.91 Å². The number of hydrogen-bond acceptors (Lipinski definition) is 6. The second-order valence-electron chi connectivity index (χ2n) is 8.89. The van der Waals surface area contributed by atoms with Gasteiger partial charge in [-0.15, -0.1) is 0 Å². The number of anilines is 2. The number of nitrogens with one attached hydrogen (secondary N) is 1. The lowest BCUT2D eigenvalue weighted by Gasteiger charge is -2.36. The molecule has 0 radical (unpaired) electrons. The number of benzene rings is 1. The standard InChI is InChI=1S/C25H41N3O4/c1-5-31-23-17-22(27-12-14-30-15-13-27)24(32-6-2)16-21(23)26-25(29)18-28(19(3)4)20-10-8-7-9-11-20/h16-17,19-20H,5-15,18H2,1-4H3,(H,26,29). The van der Waals surface area contributed by atoms with Gasteiger partial charge in [0, 0.05) is 37.3 Å². The number of carbonyl (C=O) groups excluding carboxylic acids is 1. The third kappa shape index (κ3) is 6.51. The molecule has 3 rings (SSSR count). The molecule has 0 aromatic heterocycles. The Morgan fingerprint density at radius 2 is 1.75 bits per heavy atom. The summed E-state index contributed by atoms with van der Waals surface area (Å²) in [6.07, 6.45) is 6.17. The first-order chi connectivity index (χ1) is 15.5. The Balaban J connectivity index is 1.79. The van der Waals surface area contributed by atoms with Crippen LogP contribution in [0.1, 0.15) is 59.8 Å². The van der Waals surface area contributed by atoms with Gasteiger partial charge >= 0.3 is 0 Å². The Morgan fingerprint density at radius 1 is 1.09 bits per heavy atom. The quantitative estimate of drug-likeness (QED) is 0.577. The predicted octanol–water partition coefficient (Wildman–Crippen LogP) is 4.30. The van der Waals surface area contributed by atoms with Crippen LogP contribution in [0.25, 0.3) is 0 Å². The average molecular weight is 448 g/mol. The van der Waals surface area contributed by atoms with E-state index in [0.29, 0.717) is 56.5 Å². The molecule has 0 unspecified atom stereocenters. The predicted molar refractivity (Wildman–Crippen MR) is 129 cm³/mol. The third-order valence-electron chi connectivity index (χ3n) is 6.32. The second-order valence-corrected chi connectivity index (χ2v) is 8.89. The molecule has 0 bridgehead atoms. The molecule has 0 spiro atoms. The van der Waals surface area contributed by atoms with Crippen LogP contribution in [0.3, 0.4) is 0 Å². The molecule has 1 heterocycles. The number of rotatable bonds is 10. The zero-order chi connectivity index (χ0) is 22.9. The van der Waals surface area contributed by atoms with Gasteiger partial charge in [0.05, 0.1) is 44.3 Å². The molecule has 0 atom stereocenters. The van der Waals surface area contributed by atoms with Gasteiger partial charge in [0.2, 0.25) is 5.91 Å². The van der Waals surface area contributed by atoms with E-state index < -0.39 is 0 Å². The number of nitrogens with zero attached hydrogens (tertiary/aromatic N) is 2. The van der Waals surface area contributed by atoms with Crippen molar-refractivity contribution in [3.05, 3.63) is 12.1 Å². The fourth-order valence-electron chi connectivity index (χ4n) is 4.75. The van der Waals surface area contributed by atoms with Crippen LogP contribution in [0.5, 0.6) is 11.5 Å². The zero-order valence-corrected chi connectivity index (χ0v) is 20.3. The summed E-state index contributed by atoms with van der Waals surface area (Å²) in [5, 5.41) is 3.12. The van der Waals surface area contributed by atoms with Crippen LogP contribution in [0.4, 0.5) is 11.4 Å². The highest BCUT2D eigenvalue weighted by Gasteiger charge is 2.26. The summed E-state index contributed by atoms with van der Waals surface area (Å²) < 4.78 is 17.4. The van der Waals surface area contributed by atoms with Crippen LogP contribution in [0.2, 0.25) is 0 Å². The molecule has 180 valence electrons. The molecule has 2 fully saturated rings. The van der Waals surface area contributed by atoms with Crippen molar-refractivity contribution in [3.63, 3.8) is 0 Å². The Labute approximate surface area is 193 Å². The molecule has 2 aliphatic rings. The van der Waals surface area contributed by atoms with Crippen molar-refractivity contribution in [2.45, 2.75) is 71.9 Å². The maximum absolute atomic E-state index is 13.1. The summed E-state index contributed by atoms with van der Waals surface area (Å²) in [7, 11) is 0. The van der Waals surface area contributed by atoms with Gasteiger partial charge < -0.3 is 24.4 Å². The SMILES string of the molecule is CCOc1cc(N2CCOCC2)c(OCC)cc1NC(=O)CN(C(C)C)C1CCCCC1. The van der Waals surface area contributed by atoms with Gasteiger partial charge in [-0.25, -0.2) is 0 Å². The van der Waals surface area contributed by atoms with Crippen LogP contribution >= 0.6 is 0 Å². The van der Waals surface area contributed by atoms with E-state index in [1.807, 2.05) is 26.0 Å². The Kier molecular flexibility index (Phi) is 9.48. The molecule has 1 aromatic rings. The van der Waals surface area contributed by atoms with Crippen LogP contribution in [0.15, 0.2) is 12.1 Å². The van der Waals surface area contributed by atoms with Crippen LogP contribution in [-0.2, 0) is 9.53 Å². The van der Waals surface area contributed by atoms with Gasteiger partial charge in [-0.3, -0.25) is 9.69 Å². The molecule has 7 heteroatoms. The van der Waals surface area contributed by atoms with E-state index in [2.05, 4.69) is 29.0 Å². The van der Waals surface area contributed by atoms with Gasteiger partial charge in [-0.2, -0.15) is 0 Å². The number of carbonyl (C=O) groups is 1. The van der Waals surface area contributed by atoms with Crippen molar-refractivity contribution in [2.75, 3.05) is 56.3 Å². The number of amides is 1. The minimum absolute atomic E-state index is 0.00759. The summed E-state index contributed by atoms with van der Waals surface area (Å²) in [5.74, 6) is 1.44. The summed E-state index contributed by atoms with van der Waals surface area (Å²) in [6.45, 7) is 12.8. The summed E-state index contributed by atoms with van der Waals surface area (Å²) >= 11 is 0. The van der Waals surface area contributed by atoms with Crippen LogP contribution in [0, 0.1) is 0 Å². The maximum atomic E-state index is 13.1. The van der Waals surface area contributed by atoms with E-state index in [9.17, 15) is 4.79 Å². The van der Waals surface area contributed by atoms with Gasteiger partial charge in [0.15, 0.2) is 0 Å². The lowest BCUT2D eigenvalue weighted by molar-refractivity contribution is -0.118. The summed E-state index contributed by atoms with van der Waals surface area (Å²) in [5.41, 5.74) is 1.66. The first-order valence-corrected chi connectivity index (χ1v) is 12.3. The smallest absolute Gasteiger partial charge is 0.238 e. The Morgan fingerprint density at radius 3 is 2.38 bits per heavy atom. The zero-order valence-electron chi connectivity index (χ0n) is 20.3. The molecule has 7 nitrogen and oxygen atoms in total. The highest BCUT2D eigenvalue weighted by atomic mass is 16.5. The number of ether oxygens (including phenoxy) is 3. The van der Waals surface area contributed by atoms with Crippen molar-refractivity contribution >= 4 is 17.3 Å². The molecule has 1 aromatic carbocycles. The van der Waals surface area contributed by atoms with E-state index in [1.54, 1.807) is 0 Å². The molecular weight excluding hydrogens is 406 g/mol. The minimum atomic E-state index is -0.00759. The molecule has 32 heavy (non-hydrogen) atoms. The molecule has 1 N–H and O–H groups in total. The molecule has 1 saturated heterocycles. The first-order valence-electron chi connectivity index (χ1n) is 12.3. The largest absolute Gasteiger partial charge is 0.492 e. The average Bonchev–Trinajstić information content (AvgIpc) is 2.80. The molecule has 1 aliphatic carbocycles. The first kappa shape index (κ1) is 24.6. The van der Waals surface area contributed by atoms with Crippen molar-refractivity contribution in [1.29, 1.82) is 0 Å². The van der Waals surface area contributed by atoms with Gasteiger partial charge in [-0.1, -0.05) is 19.3 Å². The van der Waals surface area contributed by atoms with Crippen molar-refractivity contribution in [2.24, 2.45) is 0 Å². The van der Waals surface area contributed by atoms with E-state index >= 15 is 0 Å². The van der Waals surface area contributed by atoms with Crippen molar-refractivity contribution < 1.29 is 19.0 Å². The lowest BCUT2D eigenvalue weighted by Crippen LogP contribution is -2.45. The second kappa shape index (κ2) is 12.3. The van der Waals surface area contributed by atoms with Gasteiger partial charge in [0.1, 0.15) is 11.5 Å². The molecule has 1 amide bonds.